The monoisotopic (exact) mass is 479 g/mol. The van der Waals surface area contributed by atoms with Crippen LogP contribution in [0.2, 0.25) is 0 Å². The van der Waals surface area contributed by atoms with E-state index in [4.69, 9.17) is 14.2 Å². The Morgan fingerprint density at radius 3 is 2.29 bits per heavy atom. The van der Waals surface area contributed by atoms with Crippen LogP contribution in [0, 0.1) is 11.8 Å². The maximum atomic E-state index is 10.1. The lowest BCUT2D eigenvalue weighted by Crippen LogP contribution is -2.47. The zero-order valence-electron chi connectivity index (χ0n) is 21.5. The number of phenolic OH excluding ortho intramolecular Hbond substituents is 1. The van der Waals surface area contributed by atoms with Gasteiger partial charge in [-0.15, -0.1) is 0 Å². The summed E-state index contributed by atoms with van der Waals surface area (Å²) in [5.74, 6) is 1.48. The molecule has 0 amide bonds. The molecule has 2 heterocycles. The van der Waals surface area contributed by atoms with Crippen molar-refractivity contribution >= 4 is 5.69 Å². The molecule has 2 aromatic rings. The van der Waals surface area contributed by atoms with Gasteiger partial charge in [0.15, 0.2) is 6.29 Å². The van der Waals surface area contributed by atoms with E-state index in [0.29, 0.717) is 24.2 Å². The maximum Gasteiger partial charge on any atom is 0.159 e. The Kier molecular flexibility index (Phi) is 7.38. The third-order valence-electron chi connectivity index (χ3n) is 8.95. The molecule has 2 fully saturated rings. The molecule has 0 spiro atoms. The zero-order valence-corrected chi connectivity index (χ0v) is 21.5. The van der Waals surface area contributed by atoms with Gasteiger partial charge in [-0.25, -0.2) is 0 Å². The molecular weight excluding hydrogens is 438 g/mol. The fourth-order valence-electron chi connectivity index (χ4n) is 6.95. The smallest absolute Gasteiger partial charge is 0.159 e. The van der Waals surface area contributed by atoms with Crippen LogP contribution < -0.4 is 4.90 Å². The third kappa shape index (κ3) is 4.83. The van der Waals surface area contributed by atoms with Gasteiger partial charge < -0.3 is 24.2 Å². The number of hydrogen-bond donors (Lipinski definition) is 1. The number of hydrogen-bond acceptors (Lipinski definition) is 5. The van der Waals surface area contributed by atoms with Crippen molar-refractivity contribution in [2.24, 2.45) is 11.8 Å². The van der Waals surface area contributed by atoms with Crippen molar-refractivity contribution in [1.82, 2.24) is 0 Å². The highest BCUT2D eigenvalue weighted by Crippen LogP contribution is 2.51. The highest BCUT2D eigenvalue weighted by molar-refractivity contribution is 5.52. The molecule has 0 bridgehead atoms. The molecule has 190 valence electrons. The molecule has 2 aliphatic heterocycles. The second-order valence-electron chi connectivity index (χ2n) is 10.9. The predicted octanol–water partition coefficient (Wildman–Crippen LogP) is 6.23. The second-order valence-corrected chi connectivity index (χ2v) is 10.9. The van der Waals surface area contributed by atoms with Crippen LogP contribution in [0.15, 0.2) is 42.5 Å². The summed E-state index contributed by atoms with van der Waals surface area (Å²) in [6.07, 6.45) is 8.42. The number of anilines is 1. The first kappa shape index (κ1) is 24.6. The Morgan fingerprint density at radius 2 is 1.63 bits per heavy atom. The Morgan fingerprint density at radius 1 is 0.943 bits per heavy atom. The molecule has 5 nitrogen and oxygen atoms in total. The van der Waals surface area contributed by atoms with Gasteiger partial charge in [-0.3, -0.25) is 0 Å². The number of aromatic hydroxyl groups is 1. The number of benzene rings is 2. The van der Waals surface area contributed by atoms with Gasteiger partial charge in [0.05, 0.1) is 12.2 Å². The molecule has 2 aromatic carbocycles. The van der Waals surface area contributed by atoms with Crippen LogP contribution in [0.5, 0.6) is 5.75 Å². The van der Waals surface area contributed by atoms with E-state index < -0.39 is 0 Å². The molecule has 2 atom stereocenters. The van der Waals surface area contributed by atoms with Crippen molar-refractivity contribution < 1.29 is 19.3 Å². The minimum Gasteiger partial charge on any atom is -0.508 e. The predicted molar refractivity (Wildman–Crippen MR) is 139 cm³/mol. The Labute approximate surface area is 210 Å². The first-order chi connectivity index (χ1) is 17.0. The van der Waals surface area contributed by atoms with Crippen molar-refractivity contribution in [2.75, 3.05) is 32.2 Å². The Hall–Kier alpha value is -2.08. The van der Waals surface area contributed by atoms with Crippen LogP contribution in [-0.4, -0.2) is 44.3 Å². The van der Waals surface area contributed by atoms with Gasteiger partial charge in [-0.1, -0.05) is 37.5 Å². The van der Waals surface area contributed by atoms with E-state index in [9.17, 15) is 5.11 Å². The number of ether oxygens (including phenoxy) is 3. The van der Waals surface area contributed by atoms with Gasteiger partial charge in [0, 0.05) is 44.8 Å². The minimum absolute atomic E-state index is 0.109. The molecule has 0 aromatic heterocycles. The summed E-state index contributed by atoms with van der Waals surface area (Å²) in [4.78, 5) is 2.48. The van der Waals surface area contributed by atoms with Gasteiger partial charge >= 0.3 is 0 Å². The van der Waals surface area contributed by atoms with E-state index in [1.54, 1.807) is 14.2 Å². The Bertz CT molecular complexity index is 974. The third-order valence-corrected chi connectivity index (χ3v) is 8.95. The number of methoxy groups -OCH3 is 2. The van der Waals surface area contributed by atoms with Crippen LogP contribution in [0.4, 0.5) is 5.69 Å². The fraction of sp³-hybridized carbons (Fsp3) is 0.600. The molecule has 1 N–H and O–H groups in total. The average molecular weight is 480 g/mol. The lowest BCUT2D eigenvalue weighted by atomic mass is 9.65. The summed E-state index contributed by atoms with van der Waals surface area (Å²) in [7, 11) is 3.46. The summed E-state index contributed by atoms with van der Waals surface area (Å²) >= 11 is 0. The molecule has 1 saturated carbocycles. The van der Waals surface area contributed by atoms with Gasteiger partial charge in [-0.2, -0.15) is 0 Å². The highest BCUT2D eigenvalue weighted by atomic mass is 16.7. The summed E-state index contributed by atoms with van der Waals surface area (Å²) in [5.41, 5.74) is 4.77. The summed E-state index contributed by atoms with van der Waals surface area (Å²) in [5, 5.41) is 10.1. The Balaban J connectivity index is 1.40. The first-order valence-corrected chi connectivity index (χ1v) is 13.4. The van der Waals surface area contributed by atoms with Crippen molar-refractivity contribution in [3.63, 3.8) is 0 Å². The van der Waals surface area contributed by atoms with E-state index in [1.807, 2.05) is 12.1 Å². The van der Waals surface area contributed by atoms with E-state index >= 15 is 0 Å². The van der Waals surface area contributed by atoms with E-state index in [1.165, 1.54) is 48.9 Å². The molecule has 0 radical (unpaired) electrons. The number of phenols is 1. The standard InChI is InChI=1S/C30H41NO4/c1-30(24-7-5-4-6-8-24)28(27-14-13-26(32)19-23(27)20-35-30)21-9-11-25(12-10-21)31-17-15-22(16-18-31)29(33-2)34-3/h9-14,19,22,24,28-29,32H,4-8,15-18,20H2,1-3H3. The topological polar surface area (TPSA) is 51.2 Å². The van der Waals surface area contributed by atoms with Crippen molar-refractivity contribution in [2.45, 2.75) is 76.3 Å². The number of nitrogens with zero attached hydrogens (tertiary/aromatic N) is 1. The summed E-state index contributed by atoms with van der Waals surface area (Å²) in [6.45, 7) is 4.94. The molecule has 5 rings (SSSR count). The van der Waals surface area contributed by atoms with E-state index in [0.717, 1.165) is 31.5 Å². The zero-order chi connectivity index (χ0) is 24.4. The normalized spacial score (nSPS) is 26.2. The van der Waals surface area contributed by atoms with Gasteiger partial charge in [-0.05, 0) is 79.5 Å². The summed E-state index contributed by atoms with van der Waals surface area (Å²) < 4.78 is 17.7. The molecule has 1 aliphatic carbocycles. The van der Waals surface area contributed by atoms with Crippen molar-refractivity contribution in [3.8, 4) is 5.75 Å². The van der Waals surface area contributed by atoms with Crippen LogP contribution in [0.25, 0.3) is 0 Å². The quantitative estimate of drug-likeness (QED) is 0.498. The molecule has 35 heavy (non-hydrogen) atoms. The van der Waals surface area contributed by atoms with Crippen LogP contribution in [0.3, 0.4) is 0 Å². The second kappa shape index (κ2) is 10.5. The lowest BCUT2D eigenvalue weighted by molar-refractivity contribution is -0.141. The van der Waals surface area contributed by atoms with Crippen LogP contribution >= 0.6 is 0 Å². The number of fused-ring (bicyclic) bond motifs is 1. The fourth-order valence-corrected chi connectivity index (χ4v) is 6.95. The number of rotatable bonds is 6. The number of piperidine rings is 1. The largest absolute Gasteiger partial charge is 0.508 e. The van der Waals surface area contributed by atoms with Crippen LogP contribution in [-0.2, 0) is 20.8 Å². The van der Waals surface area contributed by atoms with Crippen molar-refractivity contribution in [1.29, 1.82) is 0 Å². The highest BCUT2D eigenvalue weighted by Gasteiger charge is 2.47. The molecule has 2 unspecified atom stereocenters. The average Bonchev–Trinajstić information content (AvgIpc) is 2.91. The van der Waals surface area contributed by atoms with Gasteiger partial charge in [0.1, 0.15) is 5.75 Å². The van der Waals surface area contributed by atoms with Crippen LogP contribution in [0.1, 0.15) is 74.5 Å². The lowest BCUT2D eigenvalue weighted by Gasteiger charge is -2.49. The molecule has 5 heteroatoms. The first-order valence-electron chi connectivity index (χ1n) is 13.4. The minimum atomic E-state index is -0.237. The van der Waals surface area contributed by atoms with E-state index in [-0.39, 0.29) is 17.8 Å². The van der Waals surface area contributed by atoms with Gasteiger partial charge in [0.25, 0.3) is 0 Å². The summed E-state index contributed by atoms with van der Waals surface area (Å²) in [6, 6.07) is 15.0. The molecule has 1 saturated heterocycles. The molecular formula is C30H41NO4. The molecule has 3 aliphatic rings. The van der Waals surface area contributed by atoms with E-state index in [2.05, 4.69) is 42.2 Å². The van der Waals surface area contributed by atoms with Gasteiger partial charge in [0.2, 0.25) is 0 Å². The van der Waals surface area contributed by atoms with Crippen molar-refractivity contribution in [3.05, 3.63) is 59.2 Å². The SMILES string of the molecule is COC(OC)C1CCN(c2ccc(C3c4ccc(O)cc4COC3(C)C3CCCCC3)cc2)CC1. The maximum absolute atomic E-state index is 10.1.